The highest BCUT2D eigenvalue weighted by Gasteiger charge is 2.15. The Morgan fingerprint density at radius 2 is 2.46 bits per heavy atom. The van der Waals surface area contributed by atoms with Gasteiger partial charge in [0.05, 0.1) is 6.61 Å². The summed E-state index contributed by atoms with van der Waals surface area (Å²) in [5, 5.41) is 3.54. The molecule has 72 valence electrons. The lowest BCUT2D eigenvalue weighted by molar-refractivity contribution is 0.0470. The molecule has 0 atom stereocenters. The summed E-state index contributed by atoms with van der Waals surface area (Å²) in [6.07, 6.45) is 0.489. The molecule has 0 amide bonds. The third-order valence-corrected chi connectivity index (χ3v) is 1.29. The third kappa shape index (κ3) is 2.51. The topological polar surface area (TPSA) is 91.2 Å². The van der Waals surface area contributed by atoms with Gasteiger partial charge in [0.2, 0.25) is 0 Å². The fourth-order valence-corrected chi connectivity index (χ4v) is 0.760. The van der Waals surface area contributed by atoms with E-state index in [1.165, 1.54) is 0 Å². The van der Waals surface area contributed by atoms with Gasteiger partial charge in [-0.05, 0) is 13.5 Å². The first-order chi connectivity index (χ1) is 6.27. The lowest BCUT2D eigenvalue weighted by Crippen LogP contribution is -2.06. The minimum atomic E-state index is -0.599. The number of hydrogen-bond acceptors (Lipinski definition) is 6. The molecule has 0 aliphatic rings. The minimum absolute atomic E-state index is 0.120. The van der Waals surface area contributed by atoms with Crippen LogP contribution in [0.4, 0.5) is 0 Å². The van der Waals surface area contributed by atoms with E-state index in [9.17, 15) is 4.79 Å². The number of ether oxygens (including phenoxy) is 1. The molecule has 0 radical (unpaired) electrons. The van der Waals surface area contributed by atoms with Gasteiger partial charge in [-0.2, -0.15) is 4.98 Å². The molecule has 6 heteroatoms. The van der Waals surface area contributed by atoms with Crippen molar-refractivity contribution < 1.29 is 14.1 Å². The number of hydrogen-bond donors (Lipinski definition) is 1. The van der Waals surface area contributed by atoms with E-state index in [4.69, 9.17) is 5.73 Å². The van der Waals surface area contributed by atoms with Gasteiger partial charge in [-0.15, -0.1) is 0 Å². The number of nitrogens with two attached hydrogens (primary N) is 1. The molecule has 1 aromatic rings. The predicted octanol–water partition coefficient (Wildman–Crippen LogP) is -0.252. The highest BCUT2D eigenvalue weighted by Crippen LogP contribution is 1.99. The van der Waals surface area contributed by atoms with E-state index in [1.54, 1.807) is 6.92 Å². The second-order valence-corrected chi connectivity index (χ2v) is 2.27. The Morgan fingerprint density at radius 1 is 1.69 bits per heavy atom. The maximum absolute atomic E-state index is 11.0. The van der Waals surface area contributed by atoms with Crippen molar-refractivity contribution in [3.8, 4) is 0 Å². The molecule has 0 aromatic carbocycles. The van der Waals surface area contributed by atoms with Crippen LogP contribution in [0.15, 0.2) is 4.52 Å². The molecule has 1 rings (SSSR count). The molecule has 0 fully saturated rings. The first kappa shape index (κ1) is 9.66. The monoisotopic (exact) mass is 185 g/mol. The Morgan fingerprint density at radius 3 is 3.08 bits per heavy atom. The molecular formula is C7H11N3O3. The Hall–Kier alpha value is -1.43. The van der Waals surface area contributed by atoms with Gasteiger partial charge in [0, 0.05) is 6.42 Å². The van der Waals surface area contributed by atoms with E-state index in [1.807, 2.05) is 0 Å². The van der Waals surface area contributed by atoms with Crippen LogP contribution >= 0.6 is 0 Å². The normalized spacial score (nSPS) is 10.0. The quantitative estimate of drug-likeness (QED) is 0.650. The van der Waals surface area contributed by atoms with Crippen LogP contribution in [0.3, 0.4) is 0 Å². The van der Waals surface area contributed by atoms with Gasteiger partial charge in [-0.3, -0.25) is 0 Å². The van der Waals surface area contributed by atoms with Crippen molar-refractivity contribution in [1.82, 2.24) is 10.1 Å². The lowest BCUT2D eigenvalue weighted by atomic mass is 10.4. The van der Waals surface area contributed by atoms with Crippen LogP contribution in [0.1, 0.15) is 23.4 Å². The van der Waals surface area contributed by atoms with Gasteiger partial charge < -0.3 is 15.0 Å². The van der Waals surface area contributed by atoms with Crippen molar-refractivity contribution in [3.63, 3.8) is 0 Å². The summed E-state index contributed by atoms with van der Waals surface area (Å²) in [6.45, 7) is 2.41. The smallest absolute Gasteiger partial charge is 0.397 e. The van der Waals surface area contributed by atoms with Crippen molar-refractivity contribution in [1.29, 1.82) is 0 Å². The van der Waals surface area contributed by atoms with Crippen LogP contribution in [-0.2, 0) is 11.2 Å². The molecule has 2 N–H and O–H groups in total. The summed E-state index contributed by atoms with van der Waals surface area (Å²) in [5.74, 6) is -0.297. The fraction of sp³-hybridized carbons (Fsp3) is 0.571. The standard InChI is InChI=1S/C7H11N3O3/c1-2-12-7(11)6-9-5(3-4-8)10-13-6/h2-4,8H2,1H3. The summed E-state index contributed by atoms with van der Waals surface area (Å²) in [5.41, 5.74) is 5.27. The summed E-state index contributed by atoms with van der Waals surface area (Å²) < 4.78 is 9.29. The Bertz CT molecular complexity index is 284. The molecule has 1 heterocycles. The zero-order chi connectivity index (χ0) is 9.68. The SMILES string of the molecule is CCOC(=O)c1nc(CCN)no1. The van der Waals surface area contributed by atoms with Crippen LogP contribution in [0.2, 0.25) is 0 Å². The van der Waals surface area contributed by atoms with E-state index >= 15 is 0 Å². The van der Waals surface area contributed by atoms with Crippen LogP contribution < -0.4 is 5.73 Å². The van der Waals surface area contributed by atoms with Crippen molar-refractivity contribution in [2.75, 3.05) is 13.2 Å². The second-order valence-electron chi connectivity index (χ2n) is 2.27. The average Bonchev–Trinajstić information content (AvgIpc) is 2.54. The van der Waals surface area contributed by atoms with E-state index in [0.29, 0.717) is 18.8 Å². The molecule has 0 saturated carbocycles. The predicted molar refractivity (Wildman–Crippen MR) is 43.0 cm³/mol. The van der Waals surface area contributed by atoms with Gasteiger partial charge in [0.1, 0.15) is 0 Å². The average molecular weight is 185 g/mol. The second kappa shape index (κ2) is 4.56. The molecule has 0 bridgehead atoms. The van der Waals surface area contributed by atoms with Gasteiger partial charge in [0.15, 0.2) is 5.82 Å². The summed E-state index contributed by atoms with van der Waals surface area (Å²) >= 11 is 0. The lowest BCUT2D eigenvalue weighted by Gasteiger charge is -1.93. The van der Waals surface area contributed by atoms with Crippen molar-refractivity contribution in [2.45, 2.75) is 13.3 Å². The highest BCUT2D eigenvalue weighted by atomic mass is 16.6. The van der Waals surface area contributed by atoms with Crippen molar-refractivity contribution >= 4 is 5.97 Å². The molecule has 6 nitrogen and oxygen atoms in total. The van der Waals surface area contributed by atoms with E-state index in [0.717, 1.165) is 0 Å². The van der Waals surface area contributed by atoms with Crippen molar-refractivity contribution in [2.24, 2.45) is 5.73 Å². The molecule has 1 aromatic heterocycles. The Kier molecular flexibility index (Phi) is 3.39. The summed E-state index contributed by atoms with van der Waals surface area (Å²) in [6, 6.07) is 0. The number of nitrogens with zero attached hydrogens (tertiary/aromatic N) is 2. The first-order valence-electron chi connectivity index (χ1n) is 3.97. The number of carbonyl (C=O) groups excluding carboxylic acids is 1. The third-order valence-electron chi connectivity index (χ3n) is 1.29. The van der Waals surface area contributed by atoms with E-state index in [2.05, 4.69) is 19.4 Å². The fourth-order valence-electron chi connectivity index (χ4n) is 0.760. The maximum atomic E-state index is 11.0. The van der Waals surface area contributed by atoms with Gasteiger partial charge >= 0.3 is 11.9 Å². The first-order valence-corrected chi connectivity index (χ1v) is 3.97. The molecule has 0 aliphatic heterocycles. The zero-order valence-corrected chi connectivity index (χ0v) is 7.32. The number of esters is 1. The molecular weight excluding hydrogens is 174 g/mol. The van der Waals surface area contributed by atoms with Gasteiger partial charge in [-0.25, -0.2) is 4.79 Å². The van der Waals surface area contributed by atoms with Gasteiger partial charge in [-0.1, -0.05) is 5.16 Å². The molecule has 0 aliphatic carbocycles. The largest absolute Gasteiger partial charge is 0.459 e. The molecule has 13 heavy (non-hydrogen) atoms. The number of rotatable bonds is 4. The highest BCUT2D eigenvalue weighted by molar-refractivity contribution is 5.83. The van der Waals surface area contributed by atoms with Crippen LogP contribution in [0.5, 0.6) is 0 Å². The number of aromatic nitrogens is 2. The minimum Gasteiger partial charge on any atom is -0.459 e. The van der Waals surface area contributed by atoms with Crippen LogP contribution in [0, 0.1) is 0 Å². The maximum Gasteiger partial charge on any atom is 0.397 e. The van der Waals surface area contributed by atoms with E-state index < -0.39 is 5.97 Å². The van der Waals surface area contributed by atoms with E-state index in [-0.39, 0.29) is 12.5 Å². The molecule has 0 unspecified atom stereocenters. The Labute approximate surface area is 75.1 Å². The zero-order valence-electron chi connectivity index (χ0n) is 7.32. The summed E-state index contributed by atoms with van der Waals surface area (Å²) in [4.78, 5) is 14.8. The van der Waals surface area contributed by atoms with Crippen LogP contribution in [0.25, 0.3) is 0 Å². The number of carbonyl (C=O) groups is 1. The van der Waals surface area contributed by atoms with Crippen LogP contribution in [-0.4, -0.2) is 29.3 Å². The molecule has 0 saturated heterocycles. The Balaban J connectivity index is 2.62. The van der Waals surface area contributed by atoms with Gasteiger partial charge in [0.25, 0.3) is 0 Å². The van der Waals surface area contributed by atoms with Crippen molar-refractivity contribution in [3.05, 3.63) is 11.7 Å². The molecule has 0 spiro atoms. The summed E-state index contributed by atoms with van der Waals surface area (Å²) in [7, 11) is 0.